The zero-order valence-corrected chi connectivity index (χ0v) is 14.2. The molecule has 1 unspecified atom stereocenters. The van der Waals surface area contributed by atoms with Crippen molar-refractivity contribution in [1.29, 1.82) is 0 Å². The first-order valence-electron chi connectivity index (χ1n) is 6.86. The van der Waals surface area contributed by atoms with Gasteiger partial charge in [-0.2, -0.15) is 11.8 Å². The van der Waals surface area contributed by atoms with E-state index in [1.807, 2.05) is 11.3 Å². The molecule has 4 heteroatoms. The van der Waals surface area contributed by atoms with Gasteiger partial charge in [-0.25, -0.2) is 0 Å². The highest BCUT2D eigenvalue weighted by Crippen LogP contribution is 2.30. The fourth-order valence-electron chi connectivity index (χ4n) is 2.49. The third-order valence-electron chi connectivity index (χ3n) is 3.40. The molecule has 1 aliphatic carbocycles. The van der Waals surface area contributed by atoms with Crippen molar-refractivity contribution in [2.75, 3.05) is 12.3 Å². The van der Waals surface area contributed by atoms with Crippen LogP contribution in [0.3, 0.4) is 0 Å². The predicted octanol–water partition coefficient (Wildman–Crippen LogP) is 4.71. The molecule has 1 saturated carbocycles. The van der Waals surface area contributed by atoms with Gasteiger partial charge >= 0.3 is 0 Å². The molecule has 0 radical (unpaired) electrons. The molecule has 0 amide bonds. The summed E-state index contributed by atoms with van der Waals surface area (Å²) in [5.74, 6) is 1.26. The molecule has 102 valence electrons. The minimum Gasteiger partial charge on any atom is -0.313 e. The topological polar surface area (TPSA) is 12.0 Å². The molecule has 18 heavy (non-hydrogen) atoms. The summed E-state index contributed by atoms with van der Waals surface area (Å²) in [5.41, 5.74) is 0. The molecule has 1 aliphatic rings. The van der Waals surface area contributed by atoms with Crippen LogP contribution in [0.5, 0.6) is 0 Å². The van der Waals surface area contributed by atoms with E-state index in [-0.39, 0.29) is 0 Å². The normalized spacial score (nSPS) is 18.3. The minimum absolute atomic E-state index is 0.631. The molecule has 0 saturated heterocycles. The van der Waals surface area contributed by atoms with Crippen molar-refractivity contribution in [1.82, 2.24) is 5.32 Å². The molecule has 1 aromatic heterocycles. The highest BCUT2D eigenvalue weighted by Gasteiger charge is 2.18. The Morgan fingerprint density at radius 1 is 1.50 bits per heavy atom. The Bertz CT molecular complexity index is 347. The molecular formula is C14H22BrNS2. The van der Waals surface area contributed by atoms with Crippen molar-refractivity contribution in [3.05, 3.63) is 20.8 Å². The molecule has 0 aliphatic heterocycles. The third kappa shape index (κ3) is 4.87. The number of likely N-dealkylation sites (N-methyl/N-ethyl adjacent to an activating group) is 1. The van der Waals surface area contributed by atoms with Gasteiger partial charge in [-0.1, -0.05) is 19.8 Å². The molecule has 1 fully saturated rings. The fraction of sp³-hybridized carbons (Fsp3) is 0.714. The van der Waals surface area contributed by atoms with Gasteiger partial charge in [0.2, 0.25) is 0 Å². The lowest BCUT2D eigenvalue weighted by Gasteiger charge is -2.19. The van der Waals surface area contributed by atoms with Crippen LogP contribution in [0, 0.1) is 0 Å². The lowest BCUT2D eigenvalue weighted by Crippen LogP contribution is -2.33. The smallest absolute Gasteiger partial charge is 0.0285 e. The standard InChI is InChI=1S/C14H22BrNS2/c1-2-16-12(8-14-7-11(15)9-17-14)10-18-13-5-3-4-6-13/h7,9,12-13,16H,2-6,8,10H2,1H3. The van der Waals surface area contributed by atoms with Crippen LogP contribution in [0.1, 0.15) is 37.5 Å². The molecule has 1 N–H and O–H groups in total. The van der Waals surface area contributed by atoms with Gasteiger partial charge in [-0.15, -0.1) is 11.3 Å². The van der Waals surface area contributed by atoms with Gasteiger partial charge in [0.05, 0.1) is 0 Å². The first-order chi connectivity index (χ1) is 8.78. The maximum atomic E-state index is 3.63. The van der Waals surface area contributed by atoms with Crippen molar-refractivity contribution < 1.29 is 0 Å². The minimum atomic E-state index is 0.631. The summed E-state index contributed by atoms with van der Waals surface area (Å²) in [7, 11) is 0. The van der Waals surface area contributed by atoms with Gasteiger partial charge in [0, 0.05) is 31.8 Å². The van der Waals surface area contributed by atoms with E-state index in [0.717, 1.165) is 11.8 Å². The van der Waals surface area contributed by atoms with E-state index < -0.39 is 0 Å². The second-order valence-electron chi connectivity index (χ2n) is 4.93. The van der Waals surface area contributed by atoms with Crippen LogP contribution in [-0.2, 0) is 6.42 Å². The van der Waals surface area contributed by atoms with Gasteiger partial charge in [-0.3, -0.25) is 0 Å². The average Bonchev–Trinajstić information content (AvgIpc) is 2.98. The van der Waals surface area contributed by atoms with Crippen molar-refractivity contribution >= 4 is 39.0 Å². The van der Waals surface area contributed by atoms with Gasteiger partial charge in [-0.05, 0) is 47.8 Å². The summed E-state index contributed by atoms with van der Waals surface area (Å²) in [4.78, 5) is 1.49. The van der Waals surface area contributed by atoms with Crippen LogP contribution in [0.4, 0.5) is 0 Å². The quantitative estimate of drug-likeness (QED) is 0.766. The number of halogens is 1. The van der Waals surface area contributed by atoms with Gasteiger partial charge < -0.3 is 5.32 Å². The summed E-state index contributed by atoms with van der Waals surface area (Å²) in [6, 6.07) is 2.89. The monoisotopic (exact) mass is 347 g/mol. The van der Waals surface area contributed by atoms with Crippen molar-refractivity contribution in [3.8, 4) is 0 Å². The Labute approximate surface area is 127 Å². The van der Waals surface area contributed by atoms with Gasteiger partial charge in [0.25, 0.3) is 0 Å². The first-order valence-corrected chi connectivity index (χ1v) is 9.58. The lowest BCUT2D eigenvalue weighted by molar-refractivity contribution is 0.575. The third-order valence-corrected chi connectivity index (χ3v) is 6.66. The van der Waals surface area contributed by atoms with Crippen LogP contribution in [0.25, 0.3) is 0 Å². The summed E-state index contributed by atoms with van der Waals surface area (Å²) < 4.78 is 1.22. The fourth-order valence-corrected chi connectivity index (χ4v) is 5.43. The molecule has 1 nitrogen and oxygen atoms in total. The lowest BCUT2D eigenvalue weighted by atomic mass is 10.2. The van der Waals surface area contributed by atoms with Crippen LogP contribution in [0.15, 0.2) is 15.9 Å². The molecular weight excluding hydrogens is 326 g/mol. The van der Waals surface area contributed by atoms with E-state index in [1.54, 1.807) is 0 Å². The van der Waals surface area contributed by atoms with Gasteiger partial charge in [0.1, 0.15) is 0 Å². The number of thioether (sulfide) groups is 1. The van der Waals surface area contributed by atoms with E-state index in [2.05, 4.69) is 51.4 Å². The van der Waals surface area contributed by atoms with Crippen molar-refractivity contribution in [2.24, 2.45) is 0 Å². The maximum absolute atomic E-state index is 3.63. The van der Waals surface area contributed by atoms with Gasteiger partial charge in [0.15, 0.2) is 0 Å². The SMILES string of the molecule is CCNC(CSC1CCCC1)Cc1cc(Br)cs1. The molecule has 0 bridgehead atoms. The largest absolute Gasteiger partial charge is 0.313 e. The Morgan fingerprint density at radius 3 is 2.89 bits per heavy atom. The molecule has 2 rings (SSSR count). The molecule has 1 heterocycles. The second kappa shape index (κ2) is 7.93. The number of nitrogens with one attached hydrogen (secondary N) is 1. The van der Waals surface area contributed by atoms with Crippen molar-refractivity contribution in [3.63, 3.8) is 0 Å². The second-order valence-corrected chi connectivity index (χ2v) is 8.17. The number of thiophene rings is 1. The zero-order valence-electron chi connectivity index (χ0n) is 11.0. The van der Waals surface area contributed by atoms with E-state index in [1.165, 1.54) is 47.2 Å². The number of hydrogen-bond acceptors (Lipinski definition) is 3. The summed E-state index contributed by atoms with van der Waals surface area (Å²) >= 11 is 7.59. The summed E-state index contributed by atoms with van der Waals surface area (Å²) in [6.07, 6.45) is 6.94. The van der Waals surface area contributed by atoms with E-state index in [9.17, 15) is 0 Å². The van der Waals surface area contributed by atoms with Crippen LogP contribution in [0.2, 0.25) is 0 Å². The van der Waals surface area contributed by atoms with Crippen LogP contribution in [-0.4, -0.2) is 23.6 Å². The summed E-state index contributed by atoms with van der Waals surface area (Å²) in [6.45, 7) is 3.28. The van der Waals surface area contributed by atoms with E-state index in [4.69, 9.17) is 0 Å². The Balaban J connectivity index is 1.79. The molecule has 0 spiro atoms. The number of rotatable bonds is 7. The maximum Gasteiger partial charge on any atom is 0.0285 e. The first kappa shape index (κ1) is 14.9. The highest BCUT2D eigenvalue weighted by atomic mass is 79.9. The Morgan fingerprint density at radius 2 is 2.28 bits per heavy atom. The van der Waals surface area contributed by atoms with Crippen molar-refractivity contribution in [2.45, 2.75) is 50.3 Å². The van der Waals surface area contributed by atoms with E-state index >= 15 is 0 Å². The summed E-state index contributed by atoms with van der Waals surface area (Å²) in [5, 5.41) is 6.75. The molecule has 1 atom stereocenters. The molecule has 0 aromatic carbocycles. The van der Waals surface area contributed by atoms with E-state index in [0.29, 0.717) is 6.04 Å². The van der Waals surface area contributed by atoms with Crippen LogP contribution >= 0.6 is 39.0 Å². The van der Waals surface area contributed by atoms with Crippen LogP contribution < -0.4 is 5.32 Å². The zero-order chi connectivity index (χ0) is 12.8. The highest BCUT2D eigenvalue weighted by molar-refractivity contribution is 9.10. The average molecular weight is 348 g/mol. The Kier molecular flexibility index (Phi) is 6.56. The Hall–Kier alpha value is 0.490. The molecule has 1 aromatic rings. The number of hydrogen-bond donors (Lipinski definition) is 1. The predicted molar refractivity (Wildman–Crippen MR) is 87.9 cm³/mol.